The van der Waals surface area contributed by atoms with Crippen LogP contribution in [-0.4, -0.2) is 0 Å². The Labute approximate surface area is 107 Å². The number of nitrogens with two attached hydrogens (primary N) is 1. The van der Waals surface area contributed by atoms with Crippen molar-refractivity contribution in [3.8, 4) is 0 Å². The van der Waals surface area contributed by atoms with Crippen LogP contribution in [0.4, 0.5) is 13.2 Å². The third kappa shape index (κ3) is 2.49. The van der Waals surface area contributed by atoms with Gasteiger partial charge in [0, 0.05) is 22.7 Å². The molecule has 0 amide bonds. The Morgan fingerprint density at radius 2 is 1.44 bits per heavy atom. The van der Waals surface area contributed by atoms with E-state index in [0.717, 1.165) is 0 Å². The maximum absolute atomic E-state index is 13.5. The van der Waals surface area contributed by atoms with Gasteiger partial charge in [-0.25, -0.2) is 13.2 Å². The van der Waals surface area contributed by atoms with Crippen molar-refractivity contribution < 1.29 is 13.2 Å². The van der Waals surface area contributed by atoms with E-state index in [9.17, 15) is 13.2 Å². The van der Waals surface area contributed by atoms with Crippen LogP contribution in [0.2, 0.25) is 5.02 Å². The van der Waals surface area contributed by atoms with Gasteiger partial charge in [0.05, 0.1) is 6.04 Å². The lowest BCUT2D eigenvalue weighted by molar-refractivity contribution is 0.515. The predicted octanol–water partition coefficient (Wildman–Crippen LogP) is 3.81. The lowest BCUT2D eigenvalue weighted by Crippen LogP contribution is -2.16. The van der Waals surface area contributed by atoms with E-state index in [4.69, 9.17) is 17.3 Å². The lowest BCUT2D eigenvalue weighted by atomic mass is 9.98. The zero-order valence-corrected chi connectivity index (χ0v) is 9.89. The van der Waals surface area contributed by atoms with Gasteiger partial charge in [0.25, 0.3) is 0 Å². The lowest BCUT2D eigenvalue weighted by Gasteiger charge is -2.14. The number of hydrogen-bond donors (Lipinski definition) is 1. The minimum Gasteiger partial charge on any atom is -0.320 e. The normalized spacial score (nSPS) is 12.5. The Morgan fingerprint density at radius 1 is 0.944 bits per heavy atom. The van der Waals surface area contributed by atoms with Gasteiger partial charge < -0.3 is 5.73 Å². The van der Waals surface area contributed by atoms with Crippen LogP contribution in [0.1, 0.15) is 17.2 Å². The first-order chi connectivity index (χ1) is 8.49. The highest BCUT2D eigenvalue weighted by atomic mass is 35.5. The van der Waals surface area contributed by atoms with Gasteiger partial charge in [-0.2, -0.15) is 0 Å². The SMILES string of the molecule is NC(c1ccc(Cl)cc1)c1c(F)cc(F)cc1F. The molecule has 0 aliphatic heterocycles. The molecular weight excluding hydrogens is 263 g/mol. The second-order valence-corrected chi connectivity index (χ2v) is 4.25. The summed E-state index contributed by atoms with van der Waals surface area (Å²) in [6.07, 6.45) is 0. The molecule has 0 heterocycles. The summed E-state index contributed by atoms with van der Waals surface area (Å²) in [7, 11) is 0. The molecule has 0 radical (unpaired) electrons. The minimum absolute atomic E-state index is 0.362. The molecule has 0 saturated carbocycles. The summed E-state index contributed by atoms with van der Waals surface area (Å²) in [6.45, 7) is 0. The first kappa shape index (κ1) is 12.9. The monoisotopic (exact) mass is 271 g/mol. The molecule has 5 heteroatoms. The Bertz CT molecular complexity index is 546. The standard InChI is InChI=1S/C13H9ClF3N/c14-8-3-1-7(2-4-8)13(18)12-10(16)5-9(15)6-11(12)17/h1-6,13H,18H2. The molecule has 2 aromatic carbocycles. The van der Waals surface area contributed by atoms with Crippen LogP contribution in [0.15, 0.2) is 36.4 Å². The average molecular weight is 272 g/mol. The second-order valence-electron chi connectivity index (χ2n) is 3.81. The molecule has 1 atom stereocenters. The second kappa shape index (κ2) is 5.00. The first-order valence-electron chi connectivity index (χ1n) is 5.14. The van der Waals surface area contributed by atoms with Crippen LogP contribution in [0.3, 0.4) is 0 Å². The van der Waals surface area contributed by atoms with Crippen LogP contribution in [0.5, 0.6) is 0 Å². The molecule has 1 unspecified atom stereocenters. The molecule has 0 aliphatic rings. The summed E-state index contributed by atoms with van der Waals surface area (Å²) in [4.78, 5) is 0. The topological polar surface area (TPSA) is 26.0 Å². The van der Waals surface area contributed by atoms with Gasteiger partial charge in [0.2, 0.25) is 0 Å². The molecule has 0 spiro atoms. The van der Waals surface area contributed by atoms with Crippen LogP contribution in [0.25, 0.3) is 0 Å². The van der Waals surface area contributed by atoms with Crippen molar-refractivity contribution in [1.29, 1.82) is 0 Å². The van der Waals surface area contributed by atoms with E-state index in [1.54, 1.807) is 24.3 Å². The molecule has 94 valence electrons. The van der Waals surface area contributed by atoms with Crippen molar-refractivity contribution in [2.24, 2.45) is 5.73 Å². The maximum Gasteiger partial charge on any atom is 0.134 e. The molecule has 2 aromatic rings. The van der Waals surface area contributed by atoms with Gasteiger partial charge >= 0.3 is 0 Å². The highest BCUT2D eigenvalue weighted by Crippen LogP contribution is 2.26. The van der Waals surface area contributed by atoms with Gasteiger partial charge in [-0.3, -0.25) is 0 Å². The fourth-order valence-corrected chi connectivity index (χ4v) is 1.81. The molecule has 2 rings (SSSR count). The molecule has 0 saturated heterocycles. The zero-order valence-electron chi connectivity index (χ0n) is 9.13. The molecule has 2 N–H and O–H groups in total. The van der Waals surface area contributed by atoms with Crippen molar-refractivity contribution in [2.75, 3.05) is 0 Å². The van der Waals surface area contributed by atoms with Crippen molar-refractivity contribution in [3.05, 3.63) is 70.0 Å². The predicted molar refractivity (Wildman–Crippen MR) is 63.8 cm³/mol. The van der Waals surface area contributed by atoms with Gasteiger partial charge in [0.1, 0.15) is 17.5 Å². The Hall–Kier alpha value is -1.52. The van der Waals surface area contributed by atoms with E-state index in [0.29, 0.717) is 22.7 Å². The summed E-state index contributed by atoms with van der Waals surface area (Å²) in [5.41, 5.74) is 5.90. The fraction of sp³-hybridized carbons (Fsp3) is 0.0769. The minimum atomic E-state index is -1.01. The summed E-state index contributed by atoms with van der Waals surface area (Å²) in [5, 5.41) is 0.492. The van der Waals surface area contributed by atoms with E-state index in [2.05, 4.69) is 0 Å². The van der Waals surface area contributed by atoms with Crippen molar-refractivity contribution in [1.82, 2.24) is 0 Å². The molecule has 18 heavy (non-hydrogen) atoms. The Morgan fingerprint density at radius 3 is 1.94 bits per heavy atom. The van der Waals surface area contributed by atoms with Crippen LogP contribution >= 0.6 is 11.6 Å². The van der Waals surface area contributed by atoms with E-state index < -0.39 is 23.5 Å². The van der Waals surface area contributed by atoms with E-state index in [1.807, 2.05) is 0 Å². The first-order valence-corrected chi connectivity index (χ1v) is 5.52. The highest BCUT2D eigenvalue weighted by molar-refractivity contribution is 6.30. The molecule has 0 fully saturated rings. The molecule has 0 aliphatic carbocycles. The third-order valence-corrected chi connectivity index (χ3v) is 2.84. The number of rotatable bonds is 2. The molecular formula is C13H9ClF3N. The van der Waals surface area contributed by atoms with Crippen LogP contribution in [-0.2, 0) is 0 Å². The summed E-state index contributed by atoms with van der Waals surface area (Å²) >= 11 is 5.71. The van der Waals surface area contributed by atoms with Gasteiger partial charge in [-0.1, -0.05) is 23.7 Å². The Balaban J connectivity index is 2.46. The van der Waals surface area contributed by atoms with Gasteiger partial charge in [0.15, 0.2) is 0 Å². The van der Waals surface area contributed by atoms with Crippen molar-refractivity contribution in [3.63, 3.8) is 0 Å². The smallest absolute Gasteiger partial charge is 0.134 e. The zero-order chi connectivity index (χ0) is 13.3. The molecule has 0 aromatic heterocycles. The summed E-state index contributed by atoms with van der Waals surface area (Å²) in [6, 6.07) is 6.46. The van der Waals surface area contributed by atoms with E-state index >= 15 is 0 Å². The quantitative estimate of drug-likeness (QED) is 0.883. The Kier molecular flexibility index (Phi) is 3.59. The van der Waals surface area contributed by atoms with E-state index in [1.165, 1.54) is 0 Å². The maximum atomic E-state index is 13.5. The van der Waals surface area contributed by atoms with Crippen LogP contribution < -0.4 is 5.73 Å². The highest BCUT2D eigenvalue weighted by Gasteiger charge is 2.19. The largest absolute Gasteiger partial charge is 0.320 e. The number of halogens is 4. The van der Waals surface area contributed by atoms with Crippen molar-refractivity contribution >= 4 is 11.6 Å². The number of benzene rings is 2. The van der Waals surface area contributed by atoms with Crippen molar-refractivity contribution in [2.45, 2.75) is 6.04 Å². The third-order valence-electron chi connectivity index (χ3n) is 2.58. The van der Waals surface area contributed by atoms with Gasteiger partial charge in [-0.15, -0.1) is 0 Å². The van der Waals surface area contributed by atoms with Crippen LogP contribution in [0, 0.1) is 17.5 Å². The number of hydrogen-bond acceptors (Lipinski definition) is 1. The van der Waals surface area contributed by atoms with E-state index in [-0.39, 0.29) is 5.56 Å². The fourth-order valence-electron chi connectivity index (χ4n) is 1.69. The van der Waals surface area contributed by atoms with Gasteiger partial charge in [-0.05, 0) is 17.7 Å². The summed E-state index contributed by atoms with van der Waals surface area (Å²) < 4.78 is 39.9. The summed E-state index contributed by atoms with van der Waals surface area (Å²) in [5.74, 6) is -2.98. The molecule has 1 nitrogen and oxygen atoms in total. The molecule has 0 bridgehead atoms. The average Bonchev–Trinajstić information content (AvgIpc) is 2.28.